The molecule has 0 bridgehead atoms. The second kappa shape index (κ2) is 9.63. The lowest BCUT2D eigenvalue weighted by Gasteiger charge is -2.10. The van der Waals surface area contributed by atoms with Crippen molar-refractivity contribution in [2.24, 2.45) is 10.2 Å². The number of carbonyl (C=O) groups is 2. The Labute approximate surface area is 195 Å². The van der Waals surface area contributed by atoms with Crippen LogP contribution in [-0.4, -0.2) is 40.3 Å². The molecule has 1 aromatic heterocycles. The maximum Gasteiger partial charge on any atom is 0.433 e. The van der Waals surface area contributed by atoms with Crippen molar-refractivity contribution >= 4 is 35.0 Å². The van der Waals surface area contributed by atoms with E-state index in [1.54, 1.807) is 12.1 Å². The van der Waals surface area contributed by atoms with Crippen molar-refractivity contribution in [3.63, 3.8) is 0 Å². The smallest absolute Gasteiger partial charge is 0.433 e. The van der Waals surface area contributed by atoms with Crippen LogP contribution >= 0.6 is 11.8 Å². The summed E-state index contributed by atoms with van der Waals surface area (Å²) in [6.45, 7) is 0. The van der Waals surface area contributed by atoms with Crippen molar-refractivity contribution in [3.05, 3.63) is 58.3 Å². The molecule has 1 N–H and O–H groups in total. The summed E-state index contributed by atoms with van der Waals surface area (Å²) in [5.74, 6) is -0.904. The van der Waals surface area contributed by atoms with Crippen molar-refractivity contribution in [3.8, 4) is 11.8 Å². The normalized spacial score (nSPS) is 18.5. The molecule has 2 aliphatic rings. The first-order valence-electron chi connectivity index (χ1n) is 9.85. The van der Waals surface area contributed by atoms with Gasteiger partial charge in [0.2, 0.25) is 0 Å². The van der Waals surface area contributed by atoms with E-state index >= 15 is 0 Å². The average molecular weight is 491 g/mol. The molecule has 1 saturated heterocycles. The van der Waals surface area contributed by atoms with Crippen molar-refractivity contribution in [2.45, 2.75) is 24.9 Å². The number of thioether (sulfide) groups is 1. The second-order valence-electron chi connectivity index (χ2n) is 7.14. The number of amidine groups is 1. The topological polar surface area (TPSA) is 115 Å². The average Bonchev–Trinajstić information content (AvgIpc) is 3.59. The Balaban J connectivity index is 1.41. The first-order chi connectivity index (χ1) is 16.2. The van der Waals surface area contributed by atoms with Crippen LogP contribution in [0.15, 0.2) is 51.5 Å². The molecular weight excluding hydrogens is 475 g/mol. The first-order valence-corrected chi connectivity index (χ1v) is 10.7. The Morgan fingerprint density at radius 1 is 1.24 bits per heavy atom. The maximum absolute atomic E-state index is 13.1. The van der Waals surface area contributed by atoms with Crippen LogP contribution in [0.1, 0.15) is 35.7 Å². The van der Waals surface area contributed by atoms with E-state index in [1.165, 1.54) is 25.5 Å². The highest BCUT2D eigenvalue weighted by Crippen LogP contribution is 2.41. The van der Waals surface area contributed by atoms with Gasteiger partial charge in [-0.15, -0.1) is 5.10 Å². The van der Waals surface area contributed by atoms with Gasteiger partial charge in [0, 0.05) is 12.0 Å². The molecule has 1 aromatic carbocycles. The van der Waals surface area contributed by atoms with Crippen LogP contribution in [0.4, 0.5) is 13.2 Å². The molecular formula is C21H16F3N5O4S. The highest BCUT2D eigenvalue weighted by molar-refractivity contribution is 8.18. The summed E-state index contributed by atoms with van der Waals surface area (Å²) in [5, 5.41) is 10.4. The molecule has 0 atom stereocenters. The van der Waals surface area contributed by atoms with Gasteiger partial charge in [-0.05, 0) is 60.5 Å². The van der Waals surface area contributed by atoms with Crippen molar-refractivity contribution in [2.75, 3.05) is 7.11 Å². The number of aromatic nitrogens is 2. The summed E-state index contributed by atoms with van der Waals surface area (Å²) >= 11 is 0.933. The third kappa shape index (κ3) is 5.98. The van der Waals surface area contributed by atoms with Crippen LogP contribution < -0.4 is 10.1 Å². The number of carbonyl (C=O) groups excluding carboxylic acids is 2. The predicted octanol–water partition coefficient (Wildman–Crippen LogP) is 3.77. The minimum atomic E-state index is -4.60. The van der Waals surface area contributed by atoms with Crippen LogP contribution in [-0.2, 0) is 20.5 Å². The van der Waals surface area contributed by atoms with E-state index in [0.717, 1.165) is 36.7 Å². The monoisotopic (exact) mass is 491 g/mol. The number of methoxy groups -OCH3 is 1. The van der Waals surface area contributed by atoms with Gasteiger partial charge in [0.1, 0.15) is 5.75 Å². The molecule has 2 fully saturated rings. The van der Waals surface area contributed by atoms with Crippen molar-refractivity contribution < 1.29 is 32.2 Å². The minimum Gasteiger partial charge on any atom is -0.466 e. The Morgan fingerprint density at radius 2 is 1.97 bits per heavy atom. The van der Waals surface area contributed by atoms with Crippen LogP contribution in [0, 0.1) is 0 Å². The van der Waals surface area contributed by atoms with Gasteiger partial charge < -0.3 is 9.47 Å². The standard InChI is InChI=1S/C21H16F3N5O4S/c1-32-17(30)9-15-18(31)28-20(34-15)29-25-10-11-2-6-13(7-3-11)33-19-26-14(12-4-5-12)8-16(27-19)21(22,23)24/h2-3,6-10,12H,4-5H2,1H3,(H,28,29,31)/b15-9+,25-10?. The molecule has 34 heavy (non-hydrogen) atoms. The van der Waals surface area contributed by atoms with Crippen molar-refractivity contribution in [1.29, 1.82) is 0 Å². The van der Waals surface area contributed by atoms with Crippen LogP contribution in [0.3, 0.4) is 0 Å². The highest BCUT2D eigenvalue weighted by atomic mass is 32.2. The fourth-order valence-corrected chi connectivity index (χ4v) is 3.48. The predicted molar refractivity (Wildman–Crippen MR) is 116 cm³/mol. The van der Waals surface area contributed by atoms with E-state index in [-0.39, 0.29) is 27.8 Å². The third-order valence-corrected chi connectivity index (χ3v) is 5.46. The summed E-state index contributed by atoms with van der Waals surface area (Å²) in [6.07, 6.45) is -0.572. The summed E-state index contributed by atoms with van der Waals surface area (Å²) in [7, 11) is 1.20. The number of alkyl halides is 3. The van der Waals surface area contributed by atoms with Crippen LogP contribution in [0.2, 0.25) is 0 Å². The Kier molecular flexibility index (Phi) is 6.63. The summed E-state index contributed by atoms with van der Waals surface area (Å²) < 4.78 is 49.4. The van der Waals surface area contributed by atoms with Gasteiger partial charge in [-0.1, -0.05) is 0 Å². The van der Waals surface area contributed by atoms with Gasteiger partial charge in [-0.3, -0.25) is 10.1 Å². The van der Waals surface area contributed by atoms with E-state index in [2.05, 4.69) is 30.2 Å². The molecule has 0 unspecified atom stereocenters. The number of hydrogen-bond acceptors (Lipinski definition) is 9. The third-order valence-electron chi connectivity index (χ3n) is 4.56. The maximum atomic E-state index is 13.1. The largest absolute Gasteiger partial charge is 0.466 e. The molecule has 176 valence electrons. The number of nitrogens with one attached hydrogen (secondary N) is 1. The fourth-order valence-electron chi connectivity index (χ4n) is 2.74. The van der Waals surface area contributed by atoms with E-state index in [9.17, 15) is 22.8 Å². The molecule has 2 heterocycles. The molecule has 0 radical (unpaired) electrons. The molecule has 9 nitrogen and oxygen atoms in total. The molecule has 1 saturated carbocycles. The molecule has 1 aliphatic heterocycles. The van der Waals surface area contributed by atoms with Gasteiger partial charge in [-0.25, -0.2) is 4.79 Å². The number of nitrogens with zero attached hydrogens (tertiary/aromatic N) is 4. The summed E-state index contributed by atoms with van der Waals surface area (Å²) in [4.78, 5) is 30.7. The summed E-state index contributed by atoms with van der Waals surface area (Å²) in [6, 6.07) is 6.87. The Bertz CT molecular complexity index is 1210. The number of halogens is 3. The number of esters is 1. The van der Waals surface area contributed by atoms with E-state index in [4.69, 9.17) is 4.74 Å². The second-order valence-corrected chi connectivity index (χ2v) is 8.17. The lowest BCUT2D eigenvalue weighted by molar-refractivity contribution is -0.141. The van der Waals surface area contributed by atoms with Gasteiger partial charge in [0.05, 0.1) is 23.9 Å². The quantitative estimate of drug-likeness (QED) is 0.283. The van der Waals surface area contributed by atoms with Crippen molar-refractivity contribution in [1.82, 2.24) is 15.3 Å². The zero-order chi connectivity index (χ0) is 24.3. The molecule has 4 rings (SSSR count). The van der Waals surface area contributed by atoms with E-state index in [1.807, 2.05) is 0 Å². The number of rotatable bonds is 6. The van der Waals surface area contributed by atoms with Crippen LogP contribution in [0.5, 0.6) is 11.8 Å². The first kappa shape index (κ1) is 23.4. The highest BCUT2D eigenvalue weighted by Gasteiger charge is 2.36. The van der Waals surface area contributed by atoms with Gasteiger partial charge >= 0.3 is 18.2 Å². The van der Waals surface area contributed by atoms with E-state index in [0.29, 0.717) is 11.3 Å². The zero-order valence-electron chi connectivity index (χ0n) is 17.5. The molecule has 0 spiro atoms. The molecule has 1 amide bonds. The Hall–Kier alpha value is -3.74. The van der Waals surface area contributed by atoms with Gasteiger partial charge in [-0.2, -0.15) is 28.2 Å². The number of hydrogen-bond donors (Lipinski definition) is 1. The summed E-state index contributed by atoms with van der Waals surface area (Å²) in [5.41, 5.74) is -0.106. The van der Waals surface area contributed by atoms with Gasteiger partial charge in [0.25, 0.3) is 5.91 Å². The number of ether oxygens (including phenoxy) is 2. The number of benzene rings is 1. The van der Waals surface area contributed by atoms with Crippen LogP contribution in [0.25, 0.3) is 0 Å². The molecule has 1 aliphatic carbocycles. The molecule has 13 heteroatoms. The van der Waals surface area contributed by atoms with Gasteiger partial charge in [0.15, 0.2) is 10.9 Å². The lowest BCUT2D eigenvalue weighted by atomic mass is 10.2. The fraction of sp³-hybridized carbons (Fsp3) is 0.238. The number of amides is 1. The molecule has 2 aromatic rings. The SMILES string of the molecule is COC(=O)/C=C1/S/C(=N\N=Cc2ccc(Oc3nc(C4CC4)cc(C(F)(F)F)n3)cc2)NC1=O. The lowest BCUT2D eigenvalue weighted by Crippen LogP contribution is -2.19. The Morgan fingerprint density at radius 3 is 2.62 bits per heavy atom. The van der Waals surface area contributed by atoms with E-state index < -0.39 is 23.7 Å². The zero-order valence-corrected chi connectivity index (χ0v) is 18.3. The minimum absolute atomic E-state index is 0.00140.